The third-order valence-corrected chi connectivity index (χ3v) is 7.58. The van der Waals surface area contributed by atoms with E-state index in [2.05, 4.69) is 17.4 Å². The molecular weight excluding hydrogens is 406 g/mol. The molecule has 5 rings (SSSR count). The van der Waals surface area contributed by atoms with Crippen LogP contribution in [0.2, 0.25) is 0 Å². The first kappa shape index (κ1) is 21.2. The largest absolute Gasteiger partial charge is 0.481 e. The van der Waals surface area contributed by atoms with E-state index in [4.69, 9.17) is 14.9 Å². The van der Waals surface area contributed by atoms with Gasteiger partial charge in [0.2, 0.25) is 0 Å². The van der Waals surface area contributed by atoms with E-state index < -0.39 is 5.97 Å². The van der Waals surface area contributed by atoms with Crippen molar-refractivity contribution in [1.29, 1.82) is 0 Å². The Kier molecular flexibility index (Phi) is 5.55. The van der Waals surface area contributed by atoms with Crippen LogP contribution in [-0.2, 0) is 16.2 Å². The van der Waals surface area contributed by atoms with Crippen molar-refractivity contribution >= 4 is 28.4 Å². The molecule has 32 heavy (non-hydrogen) atoms. The predicted molar refractivity (Wildman–Crippen MR) is 123 cm³/mol. The van der Waals surface area contributed by atoms with Gasteiger partial charge < -0.3 is 15.3 Å². The number of carbonyl (C=O) groups is 1. The first-order valence-corrected chi connectivity index (χ1v) is 12.1. The fourth-order valence-electron chi connectivity index (χ4n) is 5.73. The second-order valence-corrected chi connectivity index (χ2v) is 9.73. The Balaban J connectivity index is 1.49. The van der Waals surface area contributed by atoms with Gasteiger partial charge in [-0.05, 0) is 65.2 Å². The Morgan fingerprint density at radius 2 is 2.00 bits per heavy atom. The second kappa shape index (κ2) is 8.37. The van der Waals surface area contributed by atoms with Crippen LogP contribution in [0.25, 0.3) is 11.0 Å². The van der Waals surface area contributed by atoms with Crippen molar-refractivity contribution in [3.05, 3.63) is 17.5 Å². The summed E-state index contributed by atoms with van der Waals surface area (Å²) in [5.41, 5.74) is 4.67. The number of fused-ring (bicyclic) bond motifs is 1. The molecule has 8 nitrogen and oxygen atoms in total. The van der Waals surface area contributed by atoms with Crippen molar-refractivity contribution in [2.75, 3.05) is 5.32 Å². The molecule has 2 aliphatic carbocycles. The van der Waals surface area contributed by atoms with Crippen molar-refractivity contribution in [3.63, 3.8) is 0 Å². The van der Waals surface area contributed by atoms with E-state index in [9.17, 15) is 9.90 Å². The lowest BCUT2D eigenvalue weighted by atomic mass is 9.80. The highest BCUT2D eigenvalue weighted by molar-refractivity contribution is 6.11. The quantitative estimate of drug-likeness (QED) is 0.704. The maximum absolute atomic E-state index is 11.4. The van der Waals surface area contributed by atoms with Gasteiger partial charge in [0.1, 0.15) is 5.60 Å². The van der Waals surface area contributed by atoms with Gasteiger partial charge in [0.25, 0.3) is 0 Å². The molecule has 2 N–H and O–H groups in total. The maximum atomic E-state index is 11.4. The monoisotopic (exact) mass is 439 g/mol. The van der Waals surface area contributed by atoms with Crippen LogP contribution in [0.5, 0.6) is 0 Å². The van der Waals surface area contributed by atoms with Crippen LogP contribution in [0.4, 0.5) is 5.69 Å². The molecule has 0 amide bonds. The average molecular weight is 440 g/mol. The van der Waals surface area contributed by atoms with Crippen molar-refractivity contribution in [2.45, 2.75) is 96.2 Å². The molecule has 1 aliphatic heterocycles. The smallest absolute Gasteiger partial charge is 0.306 e. The van der Waals surface area contributed by atoms with E-state index in [1.807, 2.05) is 17.8 Å². The number of carboxylic acid groups (broad SMARTS) is 1. The van der Waals surface area contributed by atoms with Gasteiger partial charge in [-0.2, -0.15) is 5.10 Å². The van der Waals surface area contributed by atoms with Gasteiger partial charge >= 0.3 is 5.97 Å². The molecule has 0 aromatic carbocycles. The molecule has 8 heteroatoms. The van der Waals surface area contributed by atoms with Crippen LogP contribution < -0.4 is 5.32 Å². The number of nitrogens with one attached hydrogen (secondary N) is 1. The maximum Gasteiger partial charge on any atom is 0.306 e. The summed E-state index contributed by atoms with van der Waals surface area (Å²) in [5, 5.41) is 23.5. The van der Waals surface area contributed by atoms with Gasteiger partial charge in [-0.1, -0.05) is 11.6 Å². The Morgan fingerprint density at radius 3 is 2.69 bits per heavy atom. The number of hydrogen-bond donors (Lipinski definition) is 2. The van der Waals surface area contributed by atoms with Crippen molar-refractivity contribution in [1.82, 2.24) is 14.8 Å². The number of nitrogens with zero attached hydrogens (tertiary/aromatic N) is 4. The third-order valence-electron chi connectivity index (χ3n) is 7.58. The molecule has 2 aromatic heterocycles. The molecule has 0 unspecified atom stereocenters. The number of oxime groups is 1. The van der Waals surface area contributed by atoms with Crippen LogP contribution in [0.1, 0.15) is 82.4 Å². The summed E-state index contributed by atoms with van der Waals surface area (Å²) in [4.78, 5) is 22.2. The number of rotatable bonds is 5. The molecule has 0 saturated heterocycles. The van der Waals surface area contributed by atoms with Gasteiger partial charge in [-0.3, -0.25) is 4.79 Å². The molecule has 172 valence electrons. The standard InChI is InChI=1S/C24H33N5O3/c1-3-29-22-20(15(2)27-29)21(26-17-9-7-16(8-10-17)23(30)31)18(14-25-22)19-13-24(32-28-19)11-5-4-6-12-24/h14,16-17H,3-13H2,1-2H3,(H,25,26)(H,30,31). The zero-order chi connectivity index (χ0) is 22.3. The Labute approximate surface area is 188 Å². The number of aliphatic carboxylic acids is 1. The fourth-order valence-corrected chi connectivity index (χ4v) is 5.73. The minimum Gasteiger partial charge on any atom is -0.481 e. The van der Waals surface area contributed by atoms with Crippen molar-refractivity contribution in [3.8, 4) is 0 Å². The zero-order valence-corrected chi connectivity index (χ0v) is 19.1. The topological polar surface area (TPSA) is 102 Å². The number of hydrogen-bond acceptors (Lipinski definition) is 6. The number of aromatic nitrogens is 3. The highest BCUT2D eigenvalue weighted by Gasteiger charge is 2.41. The van der Waals surface area contributed by atoms with E-state index in [1.54, 1.807) is 0 Å². The summed E-state index contributed by atoms with van der Waals surface area (Å²) in [6, 6.07) is 0.228. The minimum atomic E-state index is -0.675. The van der Waals surface area contributed by atoms with E-state index in [1.165, 1.54) is 19.3 Å². The third kappa shape index (κ3) is 3.73. The van der Waals surface area contributed by atoms with Crippen molar-refractivity contribution < 1.29 is 14.7 Å². The summed E-state index contributed by atoms with van der Waals surface area (Å²) in [6.07, 6.45) is 11.6. The highest BCUT2D eigenvalue weighted by atomic mass is 16.7. The Hall–Kier alpha value is -2.64. The second-order valence-electron chi connectivity index (χ2n) is 9.73. The summed E-state index contributed by atoms with van der Waals surface area (Å²) in [7, 11) is 0. The van der Waals surface area contributed by atoms with Gasteiger partial charge in [-0.25, -0.2) is 9.67 Å². The van der Waals surface area contributed by atoms with Gasteiger partial charge in [0, 0.05) is 30.8 Å². The number of carboxylic acids is 1. The van der Waals surface area contributed by atoms with Crippen LogP contribution in [0.3, 0.4) is 0 Å². The molecule has 0 radical (unpaired) electrons. The Morgan fingerprint density at radius 1 is 1.25 bits per heavy atom. The Bertz CT molecular complexity index is 1050. The number of pyridine rings is 1. The lowest BCUT2D eigenvalue weighted by Gasteiger charge is -2.30. The van der Waals surface area contributed by atoms with Gasteiger partial charge in [-0.15, -0.1) is 0 Å². The lowest BCUT2D eigenvalue weighted by Crippen LogP contribution is -2.32. The van der Waals surface area contributed by atoms with Crippen LogP contribution >= 0.6 is 0 Å². The van der Waals surface area contributed by atoms with E-state index in [-0.39, 0.29) is 17.6 Å². The average Bonchev–Trinajstić information content (AvgIpc) is 3.35. The zero-order valence-electron chi connectivity index (χ0n) is 19.1. The number of anilines is 1. The molecule has 3 aliphatic rings. The van der Waals surface area contributed by atoms with Crippen LogP contribution in [-0.4, -0.2) is 43.2 Å². The molecule has 1 spiro atoms. The molecule has 0 bridgehead atoms. The molecule has 3 heterocycles. The first-order chi connectivity index (χ1) is 15.5. The summed E-state index contributed by atoms with van der Waals surface area (Å²) in [5.74, 6) is -0.904. The fraction of sp³-hybridized carbons (Fsp3) is 0.667. The van der Waals surface area contributed by atoms with Crippen LogP contribution in [0.15, 0.2) is 11.4 Å². The summed E-state index contributed by atoms with van der Waals surface area (Å²) in [6.45, 7) is 4.86. The van der Waals surface area contributed by atoms with Crippen molar-refractivity contribution in [2.24, 2.45) is 11.1 Å². The van der Waals surface area contributed by atoms with E-state index in [0.29, 0.717) is 12.8 Å². The molecule has 2 saturated carbocycles. The molecule has 2 aromatic rings. The van der Waals surface area contributed by atoms with Crippen LogP contribution in [0, 0.1) is 12.8 Å². The van der Waals surface area contributed by atoms with Gasteiger partial charge in [0.15, 0.2) is 5.65 Å². The predicted octanol–water partition coefficient (Wildman–Crippen LogP) is 4.64. The lowest BCUT2D eigenvalue weighted by molar-refractivity contribution is -0.142. The highest BCUT2D eigenvalue weighted by Crippen LogP contribution is 2.42. The molecule has 2 fully saturated rings. The minimum absolute atomic E-state index is 0.151. The molecule has 0 atom stereocenters. The SMILES string of the molecule is CCn1nc(C)c2c(NC3CCC(C(=O)O)CC3)c(C3=NOC4(CCCCC4)C3)cnc21. The first-order valence-electron chi connectivity index (χ1n) is 12.1. The van der Waals surface area contributed by atoms with E-state index in [0.717, 1.165) is 72.3 Å². The molecular formula is C24H33N5O3. The summed E-state index contributed by atoms with van der Waals surface area (Å²) < 4.78 is 1.94. The van der Waals surface area contributed by atoms with E-state index >= 15 is 0 Å². The van der Waals surface area contributed by atoms with Gasteiger partial charge in [0.05, 0.1) is 28.4 Å². The normalized spacial score (nSPS) is 25.0. The summed E-state index contributed by atoms with van der Waals surface area (Å²) >= 11 is 0. The number of aryl methyl sites for hydroxylation is 2.